The van der Waals surface area contributed by atoms with Gasteiger partial charge < -0.3 is 4.90 Å². The zero-order chi connectivity index (χ0) is 15.5. The van der Waals surface area contributed by atoms with Gasteiger partial charge in [-0.2, -0.15) is 0 Å². The van der Waals surface area contributed by atoms with E-state index < -0.39 is 0 Å². The van der Waals surface area contributed by atoms with E-state index in [9.17, 15) is 4.79 Å². The highest BCUT2D eigenvalue weighted by Gasteiger charge is 2.24. The van der Waals surface area contributed by atoms with Gasteiger partial charge in [0.25, 0.3) is 5.91 Å². The predicted octanol–water partition coefficient (Wildman–Crippen LogP) is 2.03. The molecule has 3 rings (SSSR count). The van der Waals surface area contributed by atoms with Crippen LogP contribution < -0.4 is 9.80 Å². The maximum Gasteiger partial charge on any atom is 0.283 e. The van der Waals surface area contributed by atoms with Gasteiger partial charge in [0, 0.05) is 6.54 Å². The van der Waals surface area contributed by atoms with Crippen molar-refractivity contribution in [3.05, 3.63) is 23.8 Å². The second kappa shape index (κ2) is 6.75. The fourth-order valence-corrected chi connectivity index (χ4v) is 4.24. The zero-order valence-electron chi connectivity index (χ0n) is 13.4. The van der Waals surface area contributed by atoms with Crippen molar-refractivity contribution in [3.63, 3.8) is 0 Å². The summed E-state index contributed by atoms with van der Waals surface area (Å²) < 4.78 is 1.16. The van der Waals surface area contributed by atoms with Crippen LogP contribution in [0.15, 0.2) is 18.2 Å². The van der Waals surface area contributed by atoms with Gasteiger partial charge >= 0.3 is 0 Å². The molecule has 118 valence electrons. The van der Waals surface area contributed by atoms with Crippen LogP contribution in [-0.4, -0.2) is 37.1 Å². The van der Waals surface area contributed by atoms with Gasteiger partial charge in [0.15, 0.2) is 11.7 Å². The smallest absolute Gasteiger partial charge is 0.283 e. The average molecular weight is 318 g/mol. The second-order valence-electron chi connectivity index (χ2n) is 6.09. The molecular formula is C17H24N3OS+. The first-order chi connectivity index (χ1) is 10.7. The summed E-state index contributed by atoms with van der Waals surface area (Å²) in [5, 5.41) is 0.838. The molecule has 0 saturated carbocycles. The minimum Gasteiger partial charge on any atom is -0.327 e. The first-order valence-electron chi connectivity index (χ1n) is 8.18. The summed E-state index contributed by atoms with van der Waals surface area (Å²) in [6.07, 6.45) is 3.80. The number of hydrogen-bond acceptors (Lipinski definition) is 3. The van der Waals surface area contributed by atoms with Crippen molar-refractivity contribution in [1.82, 2.24) is 4.98 Å². The van der Waals surface area contributed by atoms with Gasteiger partial charge in [-0.15, -0.1) is 0 Å². The zero-order valence-corrected chi connectivity index (χ0v) is 14.2. The lowest BCUT2D eigenvalue weighted by molar-refractivity contribution is -0.896. The minimum absolute atomic E-state index is 0.204. The number of carbonyl (C=O) groups excluding carboxylic acids is 1. The van der Waals surface area contributed by atoms with E-state index in [4.69, 9.17) is 0 Å². The largest absolute Gasteiger partial charge is 0.327 e. The van der Waals surface area contributed by atoms with Crippen LogP contribution in [0, 0.1) is 6.92 Å². The molecule has 2 heterocycles. The maximum atomic E-state index is 12.7. The molecule has 0 radical (unpaired) electrons. The Morgan fingerprint density at radius 2 is 2.09 bits per heavy atom. The van der Waals surface area contributed by atoms with Crippen molar-refractivity contribution < 1.29 is 9.69 Å². The molecule has 2 aromatic rings. The number of rotatable bonds is 4. The van der Waals surface area contributed by atoms with Crippen molar-refractivity contribution >= 4 is 32.6 Å². The lowest BCUT2D eigenvalue weighted by Gasteiger charge is -2.25. The molecule has 1 aromatic carbocycles. The van der Waals surface area contributed by atoms with Crippen molar-refractivity contribution in [2.75, 3.05) is 31.1 Å². The standard InChI is InChI=1S/C17H23N3OS/c1-3-20(16(21)12-19-9-5-4-6-10-19)17-18-14-8-7-13(2)11-15(14)22-17/h7-8,11H,3-6,9-10,12H2,1-2H3/p+1. The summed E-state index contributed by atoms with van der Waals surface area (Å²) in [4.78, 5) is 20.6. The molecule has 1 amide bonds. The lowest BCUT2D eigenvalue weighted by atomic mass is 10.1. The van der Waals surface area contributed by atoms with Crippen LogP contribution in [0.5, 0.6) is 0 Å². The van der Waals surface area contributed by atoms with E-state index >= 15 is 0 Å². The van der Waals surface area contributed by atoms with Crippen LogP contribution >= 0.6 is 11.3 Å². The first kappa shape index (κ1) is 15.4. The number of benzene rings is 1. The molecule has 0 spiro atoms. The number of likely N-dealkylation sites (tertiary alicyclic amines) is 1. The molecule has 0 atom stereocenters. The molecule has 1 fully saturated rings. The molecule has 22 heavy (non-hydrogen) atoms. The van der Waals surface area contributed by atoms with E-state index in [2.05, 4.69) is 24.0 Å². The van der Waals surface area contributed by atoms with Gasteiger partial charge in [0.05, 0.1) is 23.3 Å². The molecular weight excluding hydrogens is 294 g/mol. The fourth-order valence-electron chi connectivity index (χ4n) is 3.09. The third-order valence-corrected chi connectivity index (χ3v) is 5.38. The van der Waals surface area contributed by atoms with E-state index in [0.29, 0.717) is 13.1 Å². The number of likely N-dealkylation sites (N-methyl/N-ethyl adjacent to an activating group) is 1. The maximum absolute atomic E-state index is 12.7. The van der Waals surface area contributed by atoms with E-state index in [1.165, 1.54) is 29.7 Å². The second-order valence-corrected chi connectivity index (χ2v) is 7.10. The van der Waals surface area contributed by atoms with Crippen LogP contribution in [0.4, 0.5) is 5.13 Å². The topological polar surface area (TPSA) is 37.6 Å². The van der Waals surface area contributed by atoms with Crippen molar-refractivity contribution in [1.29, 1.82) is 0 Å². The molecule has 1 aromatic heterocycles. The number of anilines is 1. The number of piperidine rings is 1. The van der Waals surface area contributed by atoms with Gasteiger partial charge in [-0.1, -0.05) is 17.4 Å². The van der Waals surface area contributed by atoms with Crippen LogP contribution in [0.2, 0.25) is 0 Å². The Kier molecular flexibility index (Phi) is 4.74. The molecule has 4 nitrogen and oxygen atoms in total. The molecule has 1 N–H and O–H groups in total. The number of nitrogens with zero attached hydrogens (tertiary/aromatic N) is 2. The monoisotopic (exact) mass is 318 g/mol. The van der Waals surface area contributed by atoms with Crippen LogP contribution in [-0.2, 0) is 4.79 Å². The Balaban J connectivity index is 1.77. The van der Waals surface area contributed by atoms with E-state index in [0.717, 1.165) is 28.4 Å². The number of thiazole rings is 1. The predicted molar refractivity (Wildman–Crippen MR) is 91.8 cm³/mol. The molecule has 0 unspecified atom stereocenters. The highest BCUT2D eigenvalue weighted by atomic mass is 32.1. The fraction of sp³-hybridized carbons (Fsp3) is 0.529. The summed E-state index contributed by atoms with van der Waals surface area (Å²) in [5.74, 6) is 0.204. The Labute approximate surface area is 135 Å². The SMILES string of the molecule is CCN(C(=O)C[NH+]1CCCCC1)c1nc2ccc(C)cc2s1. The molecule has 5 heteroatoms. The van der Waals surface area contributed by atoms with E-state index in [1.807, 2.05) is 17.9 Å². The Morgan fingerprint density at radius 3 is 2.82 bits per heavy atom. The third-order valence-electron chi connectivity index (χ3n) is 4.34. The molecule has 1 aliphatic rings. The summed E-state index contributed by atoms with van der Waals surface area (Å²) in [7, 11) is 0. The molecule has 1 aliphatic heterocycles. The Bertz CT molecular complexity index is 661. The summed E-state index contributed by atoms with van der Waals surface area (Å²) >= 11 is 1.62. The number of aryl methyl sites for hydroxylation is 1. The number of nitrogens with one attached hydrogen (secondary N) is 1. The lowest BCUT2D eigenvalue weighted by Crippen LogP contribution is -3.14. The van der Waals surface area contributed by atoms with Gasteiger partial charge in [-0.25, -0.2) is 4.98 Å². The van der Waals surface area contributed by atoms with Gasteiger partial charge in [-0.05, 0) is 50.8 Å². The molecule has 1 saturated heterocycles. The van der Waals surface area contributed by atoms with Crippen LogP contribution in [0.25, 0.3) is 10.2 Å². The molecule has 0 aliphatic carbocycles. The van der Waals surface area contributed by atoms with Crippen molar-refractivity contribution in [3.8, 4) is 0 Å². The number of amides is 1. The number of carbonyl (C=O) groups is 1. The van der Waals surface area contributed by atoms with Gasteiger partial charge in [-0.3, -0.25) is 9.69 Å². The van der Waals surface area contributed by atoms with Crippen molar-refractivity contribution in [2.24, 2.45) is 0 Å². The summed E-state index contributed by atoms with van der Waals surface area (Å²) in [6, 6.07) is 6.26. The summed E-state index contributed by atoms with van der Waals surface area (Å²) in [5.41, 5.74) is 2.22. The number of hydrogen-bond donors (Lipinski definition) is 1. The van der Waals surface area contributed by atoms with E-state index in [1.54, 1.807) is 11.3 Å². The normalized spacial score (nSPS) is 16.1. The average Bonchev–Trinajstić information content (AvgIpc) is 2.91. The highest BCUT2D eigenvalue weighted by molar-refractivity contribution is 7.22. The van der Waals surface area contributed by atoms with Gasteiger partial charge in [0.2, 0.25) is 0 Å². The van der Waals surface area contributed by atoms with Crippen LogP contribution in [0.1, 0.15) is 31.7 Å². The highest BCUT2D eigenvalue weighted by Crippen LogP contribution is 2.29. The quantitative estimate of drug-likeness (QED) is 0.936. The van der Waals surface area contributed by atoms with E-state index in [-0.39, 0.29) is 5.91 Å². The number of quaternary nitrogens is 1. The Morgan fingerprint density at radius 1 is 1.32 bits per heavy atom. The van der Waals surface area contributed by atoms with Crippen molar-refractivity contribution in [2.45, 2.75) is 33.1 Å². The number of aromatic nitrogens is 1. The third kappa shape index (κ3) is 3.31. The minimum atomic E-state index is 0.204. The summed E-state index contributed by atoms with van der Waals surface area (Å²) in [6.45, 7) is 7.65. The van der Waals surface area contributed by atoms with Gasteiger partial charge in [0.1, 0.15) is 0 Å². The first-order valence-corrected chi connectivity index (χ1v) is 9.00. The Hall–Kier alpha value is -1.46. The molecule has 0 bridgehead atoms. The number of fused-ring (bicyclic) bond motifs is 1. The van der Waals surface area contributed by atoms with Crippen LogP contribution in [0.3, 0.4) is 0 Å².